The highest BCUT2D eigenvalue weighted by Gasteiger charge is 2.26. The maximum absolute atomic E-state index is 11.9. The van der Waals surface area contributed by atoms with Crippen LogP contribution in [0.5, 0.6) is 5.75 Å². The van der Waals surface area contributed by atoms with Crippen molar-refractivity contribution in [2.45, 2.75) is 32.0 Å². The van der Waals surface area contributed by atoms with E-state index in [2.05, 4.69) is 12.2 Å². The Morgan fingerprint density at radius 2 is 1.83 bits per heavy atom. The largest absolute Gasteiger partial charge is 0.493 e. The number of hydrogen-bond donors (Lipinski definition) is 1. The molecule has 0 bridgehead atoms. The Kier molecular flexibility index (Phi) is 5.47. The summed E-state index contributed by atoms with van der Waals surface area (Å²) in [5.74, 6) is 0.472. The van der Waals surface area contributed by atoms with E-state index in [1.54, 1.807) is 12.1 Å². The van der Waals surface area contributed by atoms with Gasteiger partial charge in [0, 0.05) is 6.04 Å². The van der Waals surface area contributed by atoms with E-state index in [1.807, 2.05) is 19.2 Å². The molecule has 0 heterocycles. The first-order chi connectivity index (χ1) is 8.40. The van der Waals surface area contributed by atoms with Gasteiger partial charge in [-0.25, -0.2) is 0 Å². The molecular formula is C13H18F3NO. The fourth-order valence-electron chi connectivity index (χ4n) is 1.46. The van der Waals surface area contributed by atoms with Crippen LogP contribution in [0.3, 0.4) is 0 Å². The minimum atomic E-state index is -4.16. The maximum atomic E-state index is 11.9. The molecule has 1 rings (SSSR count). The third-order valence-corrected chi connectivity index (χ3v) is 2.61. The fraction of sp³-hybridized carbons (Fsp3) is 0.538. The Morgan fingerprint density at radius 1 is 1.22 bits per heavy atom. The lowest BCUT2D eigenvalue weighted by molar-refractivity contribution is -0.139. The molecule has 0 aromatic heterocycles. The van der Waals surface area contributed by atoms with Gasteiger partial charge in [-0.3, -0.25) is 0 Å². The van der Waals surface area contributed by atoms with Gasteiger partial charge in [0.1, 0.15) is 5.75 Å². The minimum absolute atomic E-state index is 0.338. The first-order valence-corrected chi connectivity index (χ1v) is 5.86. The van der Waals surface area contributed by atoms with Crippen LogP contribution < -0.4 is 10.1 Å². The molecule has 1 aromatic carbocycles. The summed E-state index contributed by atoms with van der Waals surface area (Å²) in [5.41, 5.74) is 1.13. The van der Waals surface area contributed by atoms with E-state index in [0.717, 1.165) is 12.0 Å². The van der Waals surface area contributed by atoms with Gasteiger partial charge in [0.05, 0.1) is 13.0 Å². The van der Waals surface area contributed by atoms with Crippen molar-refractivity contribution in [1.29, 1.82) is 0 Å². The molecule has 5 heteroatoms. The molecule has 0 radical (unpaired) electrons. The number of halogens is 3. The second kappa shape index (κ2) is 6.64. The average molecular weight is 261 g/mol. The van der Waals surface area contributed by atoms with Gasteiger partial charge < -0.3 is 10.1 Å². The standard InChI is InChI=1S/C13H18F3NO/c1-10(17-2)9-11-3-5-12(6-4-11)18-8-7-13(14,15)16/h3-6,10,17H,7-9H2,1-2H3. The van der Waals surface area contributed by atoms with Crippen molar-refractivity contribution < 1.29 is 17.9 Å². The molecule has 0 aliphatic carbocycles. The second-order valence-electron chi connectivity index (χ2n) is 4.25. The normalized spacial score (nSPS) is 13.4. The Labute approximate surface area is 105 Å². The monoisotopic (exact) mass is 261 g/mol. The van der Waals surface area contributed by atoms with E-state index < -0.39 is 12.6 Å². The van der Waals surface area contributed by atoms with Gasteiger partial charge in [-0.1, -0.05) is 12.1 Å². The molecule has 2 nitrogen and oxygen atoms in total. The number of likely N-dealkylation sites (N-methyl/N-ethyl adjacent to an activating group) is 1. The molecule has 0 aliphatic heterocycles. The molecular weight excluding hydrogens is 243 g/mol. The molecule has 1 N–H and O–H groups in total. The lowest BCUT2D eigenvalue weighted by Crippen LogP contribution is -2.23. The van der Waals surface area contributed by atoms with Crippen molar-refractivity contribution in [3.8, 4) is 5.75 Å². The molecule has 102 valence electrons. The van der Waals surface area contributed by atoms with Crippen molar-refractivity contribution in [2.24, 2.45) is 0 Å². The van der Waals surface area contributed by atoms with Gasteiger partial charge in [0.15, 0.2) is 0 Å². The first-order valence-electron chi connectivity index (χ1n) is 5.86. The van der Waals surface area contributed by atoms with Crippen molar-refractivity contribution in [3.05, 3.63) is 29.8 Å². The fourth-order valence-corrected chi connectivity index (χ4v) is 1.46. The molecule has 1 unspecified atom stereocenters. The number of alkyl halides is 3. The Hall–Kier alpha value is -1.23. The van der Waals surface area contributed by atoms with Crippen LogP contribution in [0.4, 0.5) is 13.2 Å². The summed E-state index contributed by atoms with van der Waals surface area (Å²) in [7, 11) is 1.89. The smallest absolute Gasteiger partial charge is 0.392 e. The number of rotatable bonds is 6. The van der Waals surface area contributed by atoms with E-state index in [-0.39, 0.29) is 6.61 Å². The molecule has 0 fully saturated rings. The summed E-state index contributed by atoms with van der Waals surface area (Å²) in [6.07, 6.45) is -4.22. The topological polar surface area (TPSA) is 21.3 Å². The summed E-state index contributed by atoms with van der Waals surface area (Å²) < 4.78 is 40.8. The van der Waals surface area contributed by atoms with Crippen LogP contribution in [0.1, 0.15) is 18.9 Å². The molecule has 1 aromatic rings. The number of ether oxygens (including phenoxy) is 1. The molecule has 18 heavy (non-hydrogen) atoms. The van der Waals surface area contributed by atoms with Gasteiger partial charge in [0.2, 0.25) is 0 Å². The van der Waals surface area contributed by atoms with Crippen LogP contribution in [-0.2, 0) is 6.42 Å². The predicted octanol–water partition coefficient (Wildman–Crippen LogP) is 3.17. The summed E-state index contributed by atoms with van der Waals surface area (Å²) in [4.78, 5) is 0. The van der Waals surface area contributed by atoms with Crippen LogP contribution in [-0.4, -0.2) is 25.9 Å². The summed E-state index contributed by atoms with van der Waals surface area (Å²) in [5, 5.41) is 3.12. The van der Waals surface area contributed by atoms with Gasteiger partial charge in [-0.15, -0.1) is 0 Å². The summed E-state index contributed by atoms with van der Waals surface area (Å²) >= 11 is 0. The SMILES string of the molecule is CNC(C)Cc1ccc(OCCC(F)(F)F)cc1. The van der Waals surface area contributed by atoms with E-state index in [9.17, 15) is 13.2 Å². The highest BCUT2D eigenvalue weighted by atomic mass is 19.4. The van der Waals surface area contributed by atoms with E-state index >= 15 is 0 Å². The quantitative estimate of drug-likeness (QED) is 0.849. The van der Waals surface area contributed by atoms with Crippen LogP contribution in [0, 0.1) is 0 Å². The predicted molar refractivity (Wildman–Crippen MR) is 64.8 cm³/mol. The van der Waals surface area contributed by atoms with Gasteiger partial charge in [-0.2, -0.15) is 13.2 Å². The Bertz CT molecular complexity index is 348. The minimum Gasteiger partial charge on any atom is -0.493 e. The van der Waals surface area contributed by atoms with E-state index in [4.69, 9.17) is 4.74 Å². The number of nitrogens with one attached hydrogen (secondary N) is 1. The van der Waals surface area contributed by atoms with Crippen LogP contribution >= 0.6 is 0 Å². The lowest BCUT2D eigenvalue weighted by Gasteiger charge is -2.11. The third kappa shape index (κ3) is 5.91. The van der Waals surface area contributed by atoms with E-state index in [1.165, 1.54) is 0 Å². The molecule has 0 amide bonds. The molecule has 0 aliphatic rings. The second-order valence-corrected chi connectivity index (χ2v) is 4.25. The Morgan fingerprint density at radius 3 is 2.33 bits per heavy atom. The zero-order valence-corrected chi connectivity index (χ0v) is 10.6. The molecule has 1 atom stereocenters. The number of benzene rings is 1. The molecule has 0 spiro atoms. The maximum Gasteiger partial charge on any atom is 0.392 e. The zero-order chi connectivity index (χ0) is 13.6. The number of hydrogen-bond acceptors (Lipinski definition) is 2. The van der Waals surface area contributed by atoms with Crippen molar-refractivity contribution in [3.63, 3.8) is 0 Å². The molecule has 0 saturated heterocycles. The van der Waals surface area contributed by atoms with Crippen LogP contribution in [0.2, 0.25) is 0 Å². The first kappa shape index (κ1) is 14.8. The summed E-state index contributed by atoms with van der Waals surface area (Å²) in [6, 6.07) is 7.51. The van der Waals surface area contributed by atoms with Crippen molar-refractivity contribution in [1.82, 2.24) is 5.32 Å². The van der Waals surface area contributed by atoms with Crippen molar-refractivity contribution in [2.75, 3.05) is 13.7 Å². The molecule has 0 saturated carbocycles. The zero-order valence-electron chi connectivity index (χ0n) is 10.6. The Balaban J connectivity index is 2.41. The van der Waals surface area contributed by atoms with Crippen LogP contribution in [0.25, 0.3) is 0 Å². The third-order valence-electron chi connectivity index (χ3n) is 2.61. The highest BCUT2D eigenvalue weighted by molar-refractivity contribution is 5.27. The highest BCUT2D eigenvalue weighted by Crippen LogP contribution is 2.20. The van der Waals surface area contributed by atoms with Gasteiger partial charge in [-0.05, 0) is 38.1 Å². The average Bonchev–Trinajstić information content (AvgIpc) is 2.29. The lowest BCUT2D eigenvalue weighted by atomic mass is 10.1. The van der Waals surface area contributed by atoms with Gasteiger partial charge in [0.25, 0.3) is 0 Å². The van der Waals surface area contributed by atoms with Crippen LogP contribution in [0.15, 0.2) is 24.3 Å². The summed E-state index contributed by atoms with van der Waals surface area (Å²) in [6.45, 7) is 1.73. The van der Waals surface area contributed by atoms with E-state index in [0.29, 0.717) is 11.8 Å². The van der Waals surface area contributed by atoms with Gasteiger partial charge >= 0.3 is 6.18 Å². The van der Waals surface area contributed by atoms with Crippen molar-refractivity contribution >= 4 is 0 Å².